The lowest BCUT2D eigenvalue weighted by Gasteiger charge is -2.15. The molecule has 1 unspecified atom stereocenters. The number of hydrogen-bond donors (Lipinski definition) is 4. The summed E-state index contributed by atoms with van der Waals surface area (Å²) in [5.41, 5.74) is 1.14. The Balaban J connectivity index is 2.47. The fraction of sp³-hybridized carbons (Fsp3) is 0.438. The highest BCUT2D eigenvalue weighted by Gasteiger charge is 2.15. The second-order valence-electron chi connectivity index (χ2n) is 5.74. The van der Waals surface area contributed by atoms with E-state index in [0.29, 0.717) is 11.3 Å². The van der Waals surface area contributed by atoms with E-state index in [1.807, 2.05) is 13.8 Å². The van der Waals surface area contributed by atoms with Gasteiger partial charge in [0.15, 0.2) is 13.1 Å². The van der Waals surface area contributed by atoms with Gasteiger partial charge in [-0.1, -0.05) is 0 Å². The molecule has 0 bridgehead atoms. The summed E-state index contributed by atoms with van der Waals surface area (Å²) >= 11 is 0. The SMILES string of the molecule is CNC(=O)c1ccc(NC(=O)C[NH+](C)CC(=O)NC(C)C)cc1. The molecule has 4 N–H and O–H groups in total. The second-order valence-corrected chi connectivity index (χ2v) is 5.74. The summed E-state index contributed by atoms with van der Waals surface area (Å²) in [4.78, 5) is 35.8. The van der Waals surface area contributed by atoms with Crippen molar-refractivity contribution in [3.05, 3.63) is 29.8 Å². The van der Waals surface area contributed by atoms with Crippen LogP contribution in [0, 0.1) is 0 Å². The van der Waals surface area contributed by atoms with Gasteiger partial charge in [-0.05, 0) is 38.1 Å². The van der Waals surface area contributed by atoms with Gasteiger partial charge in [-0.15, -0.1) is 0 Å². The van der Waals surface area contributed by atoms with Crippen LogP contribution in [0.2, 0.25) is 0 Å². The summed E-state index contributed by atoms with van der Waals surface area (Å²) in [5.74, 6) is -0.448. The molecule has 1 atom stereocenters. The van der Waals surface area contributed by atoms with Crippen molar-refractivity contribution in [3.8, 4) is 0 Å². The molecule has 23 heavy (non-hydrogen) atoms. The van der Waals surface area contributed by atoms with E-state index in [0.717, 1.165) is 4.90 Å². The molecular weight excluding hydrogens is 296 g/mol. The first kappa shape index (κ1) is 18.6. The molecule has 7 nitrogen and oxygen atoms in total. The summed E-state index contributed by atoms with van der Waals surface area (Å²) in [6.45, 7) is 4.20. The number of anilines is 1. The molecular formula is C16H25N4O3+. The maximum absolute atomic E-state index is 12.0. The van der Waals surface area contributed by atoms with Gasteiger partial charge in [-0.25, -0.2) is 0 Å². The van der Waals surface area contributed by atoms with E-state index in [9.17, 15) is 14.4 Å². The number of hydrogen-bond acceptors (Lipinski definition) is 3. The van der Waals surface area contributed by atoms with E-state index in [2.05, 4.69) is 16.0 Å². The monoisotopic (exact) mass is 321 g/mol. The number of carbonyl (C=O) groups is 3. The van der Waals surface area contributed by atoms with Crippen molar-refractivity contribution in [2.75, 3.05) is 32.5 Å². The van der Waals surface area contributed by atoms with Gasteiger partial charge in [-0.3, -0.25) is 14.4 Å². The number of rotatable bonds is 7. The maximum atomic E-state index is 12.0. The Morgan fingerprint density at radius 2 is 1.61 bits per heavy atom. The molecule has 0 spiro atoms. The first-order chi connectivity index (χ1) is 10.8. The van der Waals surface area contributed by atoms with Gasteiger partial charge in [0.05, 0.1) is 7.05 Å². The Labute approximate surface area is 136 Å². The van der Waals surface area contributed by atoms with Gasteiger partial charge in [0.2, 0.25) is 0 Å². The topological polar surface area (TPSA) is 91.7 Å². The van der Waals surface area contributed by atoms with Crippen LogP contribution in [0.25, 0.3) is 0 Å². The highest BCUT2D eigenvalue weighted by atomic mass is 16.2. The fourth-order valence-electron chi connectivity index (χ4n) is 2.04. The van der Waals surface area contributed by atoms with Crippen molar-refractivity contribution in [3.63, 3.8) is 0 Å². The summed E-state index contributed by atoms with van der Waals surface area (Å²) in [6.07, 6.45) is 0. The van der Waals surface area contributed by atoms with Crippen LogP contribution >= 0.6 is 0 Å². The second kappa shape index (κ2) is 8.89. The minimum atomic E-state index is -0.187. The van der Waals surface area contributed by atoms with Gasteiger partial charge >= 0.3 is 0 Å². The highest BCUT2D eigenvalue weighted by Crippen LogP contribution is 2.09. The van der Waals surface area contributed by atoms with E-state index < -0.39 is 0 Å². The Bertz CT molecular complexity index is 555. The zero-order valence-corrected chi connectivity index (χ0v) is 14.0. The molecule has 0 fully saturated rings. The summed E-state index contributed by atoms with van der Waals surface area (Å²) in [7, 11) is 3.35. The lowest BCUT2D eigenvalue weighted by atomic mass is 10.2. The standard InChI is InChI=1S/C16H24N4O3/c1-11(2)18-14(21)9-20(4)10-15(22)19-13-7-5-12(6-8-13)16(23)17-3/h5-8,11H,9-10H2,1-4H3,(H,17,23)(H,18,21)(H,19,22)/p+1. The van der Waals surface area contributed by atoms with Crippen LogP contribution in [0.5, 0.6) is 0 Å². The average Bonchev–Trinajstić information content (AvgIpc) is 2.45. The lowest BCUT2D eigenvalue weighted by Crippen LogP contribution is -3.11. The number of benzene rings is 1. The van der Waals surface area contributed by atoms with E-state index >= 15 is 0 Å². The molecule has 1 aromatic carbocycles. The smallest absolute Gasteiger partial charge is 0.279 e. The number of amides is 3. The zero-order chi connectivity index (χ0) is 17.4. The van der Waals surface area contributed by atoms with Crippen LogP contribution in [0.15, 0.2) is 24.3 Å². The molecule has 1 aromatic rings. The van der Waals surface area contributed by atoms with Crippen LogP contribution < -0.4 is 20.9 Å². The molecule has 0 radical (unpaired) electrons. The zero-order valence-electron chi connectivity index (χ0n) is 14.0. The Kier molecular flexibility index (Phi) is 7.21. The fourth-order valence-corrected chi connectivity index (χ4v) is 2.04. The van der Waals surface area contributed by atoms with Crippen LogP contribution in [0.1, 0.15) is 24.2 Å². The third-order valence-electron chi connectivity index (χ3n) is 3.03. The molecule has 0 aliphatic heterocycles. The number of carbonyl (C=O) groups excluding carboxylic acids is 3. The van der Waals surface area contributed by atoms with Crippen LogP contribution in [0.3, 0.4) is 0 Å². The number of likely N-dealkylation sites (N-methyl/N-ethyl adjacent to an activating group) is 1. The van der Waals surface area contributed by atoms with Crippen molar-refractivity contribution < 1.29 is 19.3 Å². The van der Waals surface area contributed by atoms with E-state index in [1.54, 1.807) is 38.4 Å². The van der Waals surface area contributed by atoms with Crippen LogP contribution in [-0.4, -0.2) is 50.9 Å². The normalized spacial score (nSPS) is 11.7. The van der Waals surface area contributed by atoms with Crippen molar-refractivity contribution >= 4 is 23.4 Å². The molecule has 3 amide bonds. The Morgan fingerprint density at radius 1 is 1.04 bits per heavy atom. The first-order valence-electron chi connectivity index (χ1n) is 7.54. The molecule has 0 heterocycles. The summed E-state index contributed by atoms with van der Waals surface area (Å²) in [6, 6.07) is 6.71. The first-order valence-corrected chi connectivity index (χ1v) is 7.54. The van der Waals surface area contributed by atoms with Crippen LogP contribution in [0.4, 0.5) is 5.69 Å². The number of nitrogens with one attached hydrogen (secondary N) is 4. The predicted octanol–water partition coefficient (Wildman–Crippen LogP) is -0.976. The third-order valence-corrected chi connectivity index (χ3v) is 3.03. The minimum absolute atomic E-state index is 0.0831. The van der Waals surface area contributed by atoms with Crippen molar-refractivity contribution in [2.24, 2.45) is 0 Å². The third kappa shape index (κ3) is 6.92. The van der Waals surface area contributed by atoms with Gasteiger partial charge in [0.1, 0.15) is 0 Å². The molecule has 0 saturated heterocycles. The molecule has 0 aliphatic rings. The molecule has 126 valence electrons. The number of quaternary nitrogens is 1. The lowest BCUT2D eigenvalue weighted by molar-refractivity contribution is -0.862. The van der Waals surface area contributed by atoms with E-state index in [4.69, 9.17) is 0 Å². The Hall–Kier alpha value is -2.41. The van der Waals surface area contributed by atoms with Crippen molar-refractivity contribution in [1.82, 2.24) is 10.6 Å². The molecule has 1 rings (SSSR count). The van der Waals surface area contributed by atoms with E-state index in [-0.39, 0.29) is 36.9 Å². The van der Waals surface area contributed by atoms with Crippen LogP contribution in [-0.2, 0) is 9.59 Å². The summed E-state index contributed by atoms with van der Waals surface area (Å²) < 4.78 is 0. The molecule has 0 aliphatic carbocycles. The Morgan fingerprint density at radius 3 is 2.13 bits per heavy atom. The summed E-state index contributed by atoms with van der Waals surface area (Å²) in [5, 5.41) is 8.07. The predicted molar refractivity (Wildman–Crippen MR) is 88.4 cm³/mol. The average molecular weight is 321 g/mol. The van der Waals surface area contributed by atoms with Gasteiger partial charge < -0.3 is 20.9 Å². The molecule has 7 heteroatoms. The quantitative estimate of drug-likeness (QED) is 0.520. The largest absolute Gasteiger partial charge is 0.355 e. The van der Waals surface area contributed by atoms with Gasteiger partial charge in [0.25, 0.3) is 17.7 Å². The minimum Gasteiger partial charge on any atom is -0.355 e. The highest BCUT2D eigenvalue weighted by molar-refractivity contribution is 5.95. The maximum Gasteiger partial charge on any atom is 0.279 e. The molecule has 0 saturated carbocycles. The molecule has 0 aromatic heterocycles. The van der Waals surface area contributed by atoms with Gasteiger partial charge in [-0.2, -0.15) is 0 Å². The van der Waals surface area contributed by atoms with Crippen molar-refractivity contribution in [2.45, 2.75) is 19.9 Å². The van der Waals surface area contributed by atoms with Crippen molar-refractivity contribution in [1.29, 1.82) is 0 Å². The van der Waals surface area contributed by atoms with Gasteiger partial charge in [0, 0.05) is 24.3 Å². The van der Waals surface area contributed by atoms with E-state index in [1.165, 1.54) is 0 Å².